The number of nitrogens with one attached hydrogen (secondary N) is 1. The van der Waals surface area contributed by atoms with Crippen LogP contribution >= 0.6 is 11.6 Å². The van der Waals surface area contributed by atoms with Crippen molar-refractivity contribution in [2.45, 2.75) is 64.8 Å². The normalized spacial score (nSPS) is 14.7. The third kappa shape index (κ3) is 6.08. The molecule has 2 amide bonds. The van der Waals surface area contributed by atoms with E-state index in [0.717, 1.165) is 11.1 Å². The third-order valence-electron chi connectivity index (χ3n) is 7.20. The van der Waals surface area contributed by atoms with Gasteiger partial charge in [-0.2, -0.15) is 0 Å². The molecule has 0 aromatic carbocycles. The van der Waals surface area contributed by atoms with Gasteiger partial charge in [-0.25, -0.2) is 9.67 Å². The number of carbonyl (C=O) groups is 2. The number of tetrazole rings is 1. The summed E-state index contributed by atoms with van der Waals surface area (Å²) in [7, 11) is -1.93. The Kier molecular flexibility index (Phi) is 7.95. The van der Waals surface area contributed by atoms with Gasteiger partial charge in [0.2, 0.25) is 5.82 Å². The lowest BCUT2D eigenvalue weighted by molar-refractivity contribution is 0.102. The van der Waals surface area contributed by atoms with E-state index in [-0.39, 0.29) is 16.8 Å². The van der Waals surface area contributed by atoms with Gasteiger partial charge in [0.1, 0.15) is 17.2 Å². The molecule has 4 heterocycles. The Morgan fingerprint density at radius 1 is 1.24 bits per heavy atom. The quantitative estimate of drug-likeness (QED) is 0.252. The molecule has 1 aliphatic heterocycles. The van der Waals surface area contributed by atoms with Crippen molar-refractivity contribution in [3.8, 4) is 11.5 Å². The molecule has 1 atom stereocenters. The monoisotopic (exact) mass is 556 g/mol. The molecule has 3 aromatic heterocycles. The minimum atomic E-state index is -1.93. The van der Waals surface area contributed by atoms with Crippen molar-refractivity contribution >= 4 is 37.0 Å². The highest BCUT2D eigenvalue weighted by Crippen LogP contribution is 2.37. The predicted molar refractivity (Wildman–Crippen MR) is 146 cm³/mol. The first kappa shape index (κ1) is 27.8. The van der Waals surface area contributed by atoms with Crippen LogP contribution < -0.4 is 5.32 Å². The van der Waals surface area contributed by atoms with E-state index in [1.54, 1.807) is 35.1 Å². The standard InChI is InChI=1S/C25H33ClN8O3Si/c1-16(15-37-38(5,6)25(2,3)4)34-22(30-31-32-34)19-8-7-9-21(28-19)29-23(35)20-12-18-14-33(24(26)36)11-10-17(18)13-27-20/h7-9,12-13,16H,10-11,14-15H2,1-6H3,(H,28,29,35). The van der Waals surface area contributed by atoms with E-state index in [1.807, 2.05) is 6.92 Å². The van der Waals surface area contributed by atoms with Gasteiger partial charge in [0.15, 0.2) is 8.32 Å². The molecule has 0 saturated heterocycles. The van der Waals surface area contributed by atoms with Crippen LogP contribution in [-0.2, 0) is 17.4 Å². The van der Waals surface area contributed by atoms with Crippen molar-refractivity contribution in [3.05, 3.63) is 47.3 Å². The second kappa shape index (κ2) is 10.9. The van der Waals surface area contributed by atoms with Crippen LogP contribution in [0.25, 0.3) is 11.5 Å². The fourth-order valence-corrected chi connectivity index (χ4v) is 5.03. The van der Waals surface area contributed by atoms with Crippen LogP contribution in [-0.4, -0.2) is 67.8 Å². The van der Waals surface area contributed by atoms with Gasteiger partial charge in [-0.3, -0.25) is 14.6 Å². The average Bonchev–Trinajstić information content (AvgIpc) is 3.36. The van der Waals surface area contributed by atoms with Gasteiger partial charge in [-0.05, 0) is 82.8 Å². The maximum atomic E-state index is 13.0. The number of hydrogen-bond acceptors (Lipinski definition) is 8. The van der Waals surface area contributed by atoms with E-state index in [4.69, 9.17) is 16.0 Å². The maximum absolute atomic E-state index is 13.0. The van der Waals surface area contributed by atoms with Crippen LogP contribution in [0.15, 0.2) is 30.5 Å². The molecule has 0 bridgehead atoms. The summed E-state index contributed by atoms with van der Waals surface area (Å²) in [5, 5.41) is 14.6. The minimum absolute atomic E-state index is 0.0953. The van der Waals surface area contributed by atoms with E-state index in [9.17, 15) is 9.59 Å². The van der Waals surface area contributed by atoms with Gasteiger partial charge in [-0.1, -0.05) is 26.8 Å². The maximum Gasteiger partial charge on any atom is 0.316 e. The lowest BCUT2D eigenvalue weighted by atomic mass is 10.0. The minimum Gasteiger partial charge on any atom is -0.415 e. The van der Waals surface area contributed by atoms with E-state index < -0.39 is 19.6 Å². The van der Waals surface area contributed by atoms with Crippen molar-refractivity contribution in [3.63, 3.8) is 0 Å². The van der Waals surface area contributed by atoms with Crippen LogP contribution in [0.2, 0.25) is 18.1 Å². The van der Waals surface area contributed by atoms with E-state index in [1.165, 1.54) is 4.90 Å². The molecular weight excluding hydrogens is 524 g/mol. The van der Waals surface area contributed by atoms with Gasteiger partial charge >= 0.3 is 5.37 Å². The van der Waals surface area contributed by atoms with Crippen molar-refractivity contribution in [2.24, 2.45) is 0 Å². The summed E-state index contributed by atoms with van der Waals surface area (Å²) in [5.41, 5.74) is 2.58. The first-order chi connectivity index (χ1) is 17.9. The molecule has 1 unspecified atom stereocenters. The van der Waals surface area contributed by atoms with Crippen molar-refractivity contribution in [1.82, 2.24) is 35.1 Å². The Hall–Kier alpha value is -3.22. The average molecular weight is 557 g/mol. The largest absolute Gasteiger partial charge is 0.415 e. The Morgan fingerprint density at radius 3 is 2.71 bits per heavy atom. The number of amides is 2. The number of fused-ring (bicyclic) bond motifs is 1. The SMILES string of the molecule is CC(CO[Si](C)(C)C(C)(C)C)n1nnnc1-c1cccc(NC(=O)c2cc3c(cn2)CCN(C(=O)Cl)C3)n1. The molecule has 4 rings (SSSR count). The molecule has 38 heavy (non-hydrogen) atoms. The summed E-state index contributed by atoms with van der Waals surface area (Å²) in [4.78, 5) is 34.9. The molecule has 202 valence electrons. The summed E-state index contributed by atoms with van der Waals surface area (Å²) >= 11 is 5.64. The van der Waals surface area contributed by atoms with Crippen LogP contribution in [0.3, 0.4) is 0 Å². The predicted octanol–water partition coefficient (Wildman–Crippen LogP) is 4.68. The smallest absolute Gasteiger partial charge is 0.316 e. The number of aromatic nitrogens is 6. The molecule has 0 radical (unpaired) electrons. The second-order valence-corrected chi connectivity index (χ2v) is 16.1. The summed E-state index contributed by atoms with van der Waals surface area (Å²) in [6.45, 7) is 14.4. The molecular formula is C25H33ClN8O3Si. The Balaban J connectivity index is 1.48. The fraction of sp³-hybridized carbons (Fsp3) is 0.480. The zero-order chi connectivity index (χ0) is 27.7. The number of pyridine rings is 2. The van der Waals surface area contributed by atoms with E-state index in [2.05, 4.69) is 64.7 Å². The molecule has 3 aromatic rings. The van der Waals surface area contributed by atoms with E-state index >= 15 is 0 Å². The van der Waals surface area contributed by atoms with Crippen LogP contribution in [0.1, 0.15) is 55.4 Å². The summed E-state index contributed by atoms with van der Waals surface area (Å²) < 4.78 is 8.05. The van der Waals surface area contributed by atoms with Crippen LogP contribution in [0.4, 0.5) is 10.6 Å². The number of nitrogens with zero attached hydrogens (tertiary/aromatic N) is 7. The van der Waals surface area contributed by atoms with Crippen LogP contribution in [0, 0.1) is 0 Å². The van der Waals surface area contributed by atoms with Gasteiger partial charge in [0.25, 0.3) is 5.91 Å². The third-order valence-corrected chi connectivity index (χ3v) is 11.9. The lowest BCUT2D eigenvalue weighted by Crippen LogP contribution is -2.42. The highest BCUT2D eigenvalue weighted by atomic mass is 35.5. The van der Waals surface area contributed by atoms with Crippen LogP contribution in [0.5, 0.6) is 0 Å². The molecule has 0 aliphatic carbocycles. The number of carbonyl (C=O) groups excluding carboxylic acids is 2. The molecule has 13 heteroatoms. The number of halogens is 1. The van der Waals surface area contributed by atoms with Crippen molar-refractivity contribution in [1.29, 1.82) is 0 Å². The van der Waals surface area contributed by atoms with Crippen molar-refractivity contribution < 1.29 is 14.0 Å². The Morgan fingerprint density at radius 2 is 2.00 bits per heavy atom. The topological polar surface area (TPSA) is 128 Å². The molecule has 1 N–H and O–H groups in total. The Bertz CT molecular complexity index is 1340. The lowest BCUT2D eigenvalue weighted by Gasteiger charge is -2.36. The van der Waals surface area contributed by atoms with Gasteiger partial charge in [0, 0.05) is 19.3 Å². The number of hydrogen-bond donors (Lipinski definition) is 1. The molecule has 1 aliphatic rings. The zero-order valence-electron chi connectivity index (χ0n) is 22.5. The first-order valence-corrected chi connectivity index (χ1v) is 15.8. The zero-order valence-corrected chi connectivity index (χ0v) is 24.3. The second-order valence-electron chi connectivity index (χ2n) is 11.0. The van der Waals surface area contributed by atoms with Crippen molar-refractivity contribution in [2.75, 3.05) is 18.5 Å². The number of rotatable bonds is 7. The van der Waals surface area contributed by atoms with Gasteiger partial charge in [-0.15, -0.1) is 5.10 Å². The van der Waals surface area contributed by atoms with Gasteiger partial charge < -0.3 is 14.6 Å². The summed E-state index contributed by atoms with van der Waals surface area (Å²) in [6, 6.07) is 6.82. The molecule has 0 fully saturated rings. The van der Waals surface area contributed by atoms with E-state index in [0.29, 0.717) is 43.5 Å². The Labute approximate surface area is 228 Å². The molecule has 0 spiro atoms. The number of anilines is 1. The van der Waals surface area contributed by atoms with Gasteiger partial charge in [0.05, 0.1) is 12.6 Å². The molecule has 11 nitrogen and oxygen atoms in total. The highest BCUT2D eigenvalue weighted by molar-refractivity contribution is 6.74. The summed E-state index contributed by atoms with van der Waals surface area (Å²) in [6.07, 6.45) is 2.31. The first-order valence-electron chi connectivity index (χ1n) is 12.5. The fourth-order valence-electron chi connectivity index (χ4n) is 3.80. The highest BCUT2D eigenvalue weighted by Gasteiger charge is 2.37. The summed E-state index contributed by atoms with van der Waals surface area (Å²) in [5.74, 6) is 0.400. The molecule has 0 saturated carbocycles.